The zero-order chi connectivity index (χ0) is 27.0. The average molecular weight is 533 g/mol. The zero-order valence-electron chi connectivity index (χ0n) is 22.2. The molecule has 1 fully saturated rings. The number of benzene rings is 2. The summed E-state index contributed by atoms with van der Waals surface area (Å²) in [5.74, 6) is 0.478. The standard InChI is InChI=1S/C27H40N4O5S/c1-5-29-22-14-21(15-23(16-22)31-11-6-7-12-37(31,34)35)27(33)30-26(19(2)3)25(32)18-28-17-20-9-8-10-24(13-20)36-4/h8-10,13-16,19,25-26,28-29,32H,5-7,11-12,17-18H2,1-4H3,(H,30,33)/t25-,26+/m1/s1. The van der Waals surface area contributed by atoms with Gasteiger partial charge in [-0.2, -0.15) is 0 Å². The molecule has 1 amide bonds. The fraction of sp³-hybridized carbons (Fsp3) is 0.519. The zero-order valence-corrected chi connectivity index (χ0v) is 23.0. The minimum absolute atomic E-state index is 0.0311. The highest BCUT2D eigenvalue weighted by atomic mass is 32.2. The number of nitrogens with one attached hydrogen (secondary N) is 3. The van der Waals surface area contributed by atoms with E-state index in [-0.39, 0.29) is 24.1 Å². The van der Waals surface area contributed by atoms with Crippen LogP contribution in [0.4, 0.5) is 11.4 Å². The average Bonchev–Trinajstić information content (AvgIpc) is 2.86. The molecule has 4 N–H and O–H groups in total. The maximum atomic E-state index is 13.3. The highest BCUT2D eigenvalue weighted by Gasteiger charge is 2.28. The van der Waals surface area contributed by atoms with Crippen molar-refractivity contribution in [2.75, 3.05) is 42.1 Å². The lowest BCUT2D eigenvalue weighted by Crippen LogP contribution is -2.50. The summed E-state index contributed by atoms with van der Waals surface area (Å²) < 4.78 is 32.0. The minimum Gasteiger partial charge on any atom is -0.497 e. The fourth-order valence-corrected chi connectivity index (χ4v) is 6.11. The van der Waals surface area contributed by atoms with Gasteiger partial charge in [-0.1, -0.05) is 26.0 Å². The summed E-state index contributed by atoms with van der Waals surface area (Å²) in [6.07, 6.45) is 0.587. The number of anilines is 2. The molecule has 9 nitrogen and oxygen atoms in total. The topological polar surface area (TPSA) is 120 Å². The van der Waals surface area contributed by atoms with Crippen LogP contribution >= 0.6 is 0 Å². The van der Waals surface area contributed by atoms with E-state index in [9.17, 15) is 18.3 Å². The lowest BCUT2D eigenvalue weighted by Gasteiger charge is -2.30. The van der Waals surface area contributed by atoms with E-state index < -0.39 is 22.2 Å². The van der Waals surface area contributed by atoms with Gasteiger partial charge < -0.3 is 25.8 Å². The van der Waals surface area contributed by atoms with Crippen LogP contribution in [0.3, 0.4) is 0 Å². The molecule has 0 spiro atoms. The molecule has 0 saturated carbocycles. The van der Waals surface area contributed by atoms with Crippen molar-refractivity contribution >= 4 is 27.3 Å². The van der Waals surface area contributed by atoms with Crippen molar-refractivity contribution in [3.63, 3.8) is 0 Å². The minimum atomic E-state index is -3.42. The maximum Gasteiger partial charge on any atom is 0.251 e. The van der Waals surface area contributed by atoms with E-state index >= 15 is 0 Å². The van der Waals surface area contributed by atoms with Gasteiger partial charge in [0.2, 0.25) is 10.0 Å². The Morgan fingerprint density at radius 2 is 1.95 bits per heavy atom. The Labute approximate surface area is 220 Å². The maximum absolute atomic E-state index is 13.3. The van der Waals surface area contributed by atoms with E-state index in [4.69, 9.17) is 4.74 Å². The van der Waals surface area contributed by atoms with Gasteiger partial charge in [-0.05, 0) is 61.6 Å². The first-order valence-electron chi connectivity index (χ1n) is 12.9. The largest absolute Gasteiger partial charge is 0.497 e. The fourth-order valence-electron chi connectivity index (χ4n) is 4.49. The summed E-state index contributed by atoms with van der Waals surface area (Å²) in [7, 11) is -1.80. The molecule has 10 heteroatoms. The lowest BCUT2D eigenvalue weighted by atomic mass is 9.97. The molecule has 0 aromatic heterocycles. The van der Waals surface area contributed by atoms with Crippen LogP contribution in [0.15, 0.2) is 42.5 Å². The molecule has 3 rings (SSSR count). The molecule has 2 aromatic rings. The quantitative estimate of drug-likeness (QED) is 0.332. The van der Waals surface area contributed by atoms with Crippen molar-refractivity contribution in [2.45, 2.75) is 52.3 Å². The van der Waals surface area contributed by atoms with Crippen LogP contribution in [-0.2, 0) is 16.6 Å². The Balaban J connectivity index is 1.72. The molecule has 0 aliphatic carbocycles. The van der Waals surface area contributed by atoms with Gasteiger partial charge in [0.15, 0.2) is 0 Å². The van der Waals surface area contributed by atoms with Crippen LogP contribution in [0.25, 0.3) is 0 Å². The van der Waals surface area contributed by atoms with Gasteiger partial charge in [0.25, 0.3) is 5.91 Å². The van der Waals surface area contributed by atoms with E-state index in [1.807, 2.05) is 45.0 Å². The first-order chi connectivity index (χ1) is 17.6. The second-order valence-corrected chi connectivity index (χ2v) is 11.7. The first-order valence-corrected chi connectivity index (χ1v) is 14.5. The molecular weight excluding hydrogens is 492 g/mol. The third-order valence-electron chi connectivity index (χ3n) is 6.45. The molecular formula is C27H40N4O5S. The number of aliphatic hydroxyl groups is 1. The van der Waals surface area contributed by atoms with E-state index in [1.54, 1.807) is 25.3 Å². The highest BCUT2D eigenvalue weighted by molar-refractivity contribution is 7.92. The lowest BCUT2D eigenvalue weighted by molar-refractivity contribution is 0.0757. The van der Waals surface area contributed by atoms with Crippen LogP contribution in [0.5, 0.6) is 5.75 Å². The van der Waals surface area contributed by atoms with Gasteiger partial charge in [0, 0.05) is 37.4 Å². The second kappa shape index (κ2) is 13.1. The van der Waals surface area contributed by atoms with Crippen LogP contribution in [0.1, 0.15) is 49.5 Å². The molecule has 1 heterocycles. The normalized spacial score (nSPS) is 16.8. The number of methoxy groups -OCH3 is 1. The second-order valence-electron chi connectivity index (χ2n) is 9.69. The number of carbonyl (C=O) groups excluding carboxylic acids is 1. The predicted octanol–water partition coefficient (Wildman–Crippen LogP) is 2.96. The molecule has 204 valence electrons. The van der Waals surface area contributed by atoms with Crippen molar-refractivity contribution in [3.8, 4) is 5.75 Å². The van der Waals surface area contributed by atoms with Gasteiger partial charge in [0.1, 0.15) is 5.75 Å². The van der Waals surface area contributed by atoms with Crippen molar-refractivity contribution in [3.05, 3.63) is 53.6 Å². The van der Waals surface area contributed by atoms with Gasteiger partial charge in [0.05, 0.1) is 30.7 Å². The van der Waals surface area contributed by atoms with E-state index in [2.05, 4.69) is 16.0 Å². The number of hydrogen-bond donors (Lipinski definition) is 4. The highest BCUT2D eigenvalue weighted by Crippen LogP contribution is 2.28. The van der Waals surface area contributed by atoms with E-state index in [1.165, 1.54) is 4.31 Å². The van der Waals surface area contributed by atoms with Crippen molar-refractivity contribution < 1.29 is 23.1 Å². The number of rotatable bonds is 12. The molecule has 0 radical (unpaired) electrons. The van der Waals surface area contributed by atoms with E-state index in [0.717, 1.165) is 17.7 Å². The smallest absolute Gasteiger partial charge is 0.251 e. The number of aliphatic hydroxyl groups excluding tert-OH is 1. The molecule has 0 unspecified atom stereocenters. The SMILES string of the molecule is CCNc1cc(C(=O)N[C@@H](C(C)C)[C@H](O)CNCc2cccc(OC)c2)cc(N2CCCCS2(=O)=O)c1. The molecule has 0 bridgehead atoms. The molecule has 1 saturated heterocycles. The third kappa shape index (κ3) is 7.83. The summed E-state index contributed by atoms with van der Waals surface area (Å²) in [6, 6.07) is 12.3. The summed E-state index contributed by atoms with van der Waals surface area (Å²) in [4.78, 5) is 13.3. The van der Waals surface area contributed by atoms with Crippen molar-refractivity contribution in [2.24, 2.45) is 5.92 Å². The van der Waals surface area contributed by atoms with Gasteiger partial charge >= 0.3 is 0 Å². The van der Waals surface area contributed by atoms with Crippen LogP contribution < -0.4 is 25.0 Å². The number of sulfonamides is 1. The van der Waals surface area contributed by atoms with Crippen LogP contribution in [0.2, 0.25) is 0 Å². The number of ether oxygens (including phenoxy) is 1. The Hall–Kier alpha value is -2.82. The Morgan fingerprint density at radius 1 is 1.16 bits per heavy atom. The van der Waals surface area contributed by atoms with Gasteiger partial charge in [-0.25, -0.2) is 8.42 Å². The molecule has 2 atom stereocenters. The number of nitrogens with zero attached hydrogens (tertiary/aromatic N) is 1. The van der Waals surface area contributed by atoms with Crippen LogP contribution in [0, 0.1) is 5.92 Å². The van der Waals surface area contributed by atoms with Crippen molar-refractivity contribution in [1.29, 1.82) is 0 Å². The van der Waals surface area contributed by atoms with Gasteiger partial charge in [-0.3, -0.25) is 9.10 Å². The summed E-state index contributed by atoms with van der Waals surface area (Å²) in [6.45, 7) is 7.68. The molecule has 1 aliphatic rings. The summed E-state index contributed by atoms with van der Waals surface area (Å²) in [5.41, 5.74) is 2.52. The number of carbonyl (C=O) groups is 1. The molecule has 2 aromatic carbocycles. The Morgan fingerprint density at radius 3 is 2.62 bits per heavy atom. The summed E-state index contributed by atoms with van der Waals surface area (Å²) in [5, 5.41) is 20.3. The van der Waals surface area contributed by atoms with Gasteiger partial charge in [-0.15, -0.1) is 0 Å². The summed E-state index contributed by atoms with van der Waals surface area (Å²) >= 11 is 0. The van der Waals surface area contributed by atoms with E-state index in [0.29, 0.717) is 43.0 Å². The Kier molecular flexibility index (Phi) is 10.2. The predicted molar refractivity (Wildman–Crippen MR) is 148 cm³/mol. The third-order valence-corrected chi connectivity index (χ3v) is 8.31. The van der Waals surface area contributed by atoms with Crippen LogP contribution in [-0.4, -0.2) is 64.1 Å². The molecule has 37 heavy (non-hydrogen) atoms. The van der Waals surface area contributed by atoms with Crippen molar-refractivity contribution in [1.82, 2.24) is 10.6 Å². The number of amides is 1. The Bertz CT molecular complexity index is 1160. The molecule has 1 aliphatic heterocycles. The number of hydrogen-bond acceptors (Lipinski definition) is 7. The monoisotopic (exact) mass is 532 g/mol. The first kappa shape index (κ1) is 28.7.